The number of benzene rings is 1. The number of aliphatic hydroxyl groups is 1. The number of rotatable bonds is 3. The van der Waals surface area contributed by atoms with E-state index in [2.05, 4.69) is 4.74 Å². The largest absolute Gasteiger partial charge is 0.467 e. The summed E-state index contributed by atoms with van der Waals surface area (Å²) in [7, 11) is 1.30. The molecular formula is C14H18O3. The Labute approximate surface area is 101 Å². The van der Waals surface area contributed by atoms with Crippen LogP contribution in [0.1, 0.15) is 48.8 Å². The first kappa shape index (κ1) is 12.1. The predicted molar refractivity (Wildman–Crippen MR) is 64.6 cm³/mol. The van der Waals surface area contributed by atoms with E-state index in [0.717, 1.165) is 18.4 Å². The molecule has 1 fully saturated rings. The molecule has 0 spiro atoms. The van der Waals surface area contributed by atoms with Crippen LogP contribution in [0.25, 0.3) is 0 Å². The fourth-order valence-electron chi connectivity index (χ4n) is 2.61. The minimum Gasteiger partial charge on any atom is -0.467 e. The van der Waals surface area contributed by atoms with Gasteiger partial charge in [-0.05, 0) is 29.9 Å². The first-order chi connectivity index (χ1) is 8.24. The summed E-state index contributed by atoms with van der Waals surface area (Å²) in [5.74, 6) is -0.110. The summed E-state index contributed by atoms with van der Waals surface area (Å²) >= 11 is 0. The summed E-state index contributed by atoms with van der Waals surface area (Å²) in [4.78, 5) is 11.4. The van der Waals surface area contributed by atoms with Crippen LogP contribution in [0.15, 0.2) is 24.3 Å². The molecule has 0 bridgehead atoms. The molecule has 0 amide bonds. The van der Waals surface area contributed by atoms with E-state index in [1.54, 1.807) is 0 Å². The standard InChI is InChI=1S/C14H18O3/c1-17-14(16)13(15)12-9-5-4-8-11(12)10-6-2-3-7-10/h4-5,8-10,13,15H,2-3,6-7H2,1H3/t13-/m1/s1. The monoisotopic (exact) mass is 234 g/mol. The Hall–Kier alpha value is -1.35. The fourth-order valence-corrected chi connectivity index (χ4v) is 2.61. The van der Waals surface area contributed by atoms with Crippen LogP contribution in [0.2, 0.25) is 0 Å². The van der Waals surface area contributed by atoms with E-state index in [0.29, 0.717) is 11.5 Å². The Balaban J connectivity index is 2.29. The maximum Gasteiger partial charge on any atom is 0.339 e. The molecule has 1 saturated carbocycles. The van der Waals surface area contributed by atoms with Gasteiger partial charge in [0.1, 0.15) is 0 Å². The number of carbonyl (C=O) groups excluding carboxylic acids is 1. The van der Waals surface area contributed by atoms with Crippen molar-refractivity contribution in [2.45, 2.75) is 37.7 Å². The van der Waals surface area contributed by atoms with Gasteiger partial charge in [0.15, 0.2) is 6.10 Å². The third kappa shape index (κ3) is 2.50. The van der Waals surface area contributed by atoms with Crippen molar-refractivity contribution in [3.63, 3.8) is 0 Å². The van der Waals surface area contributed by atoms with Crippen LogP contribution in [0, 0.1) is 0 Å². The second kappa shape index (κ2) is 5.32. The van der Waals surface area contributed by atoms with E-state index < -0.39 is 12.1 Å². The van der Waals surface area contributed by atoms with Gasteiger partial charge in [-0.15, -0.1) is 0 Å². The van der Waals surface area contributed by atoms with Gasteiger partial charge in [0, 0.05) is 0 Å². The number of ether oxygens (including phenoxy) is 1. The summed E-state index contributed by atoms with van der Waals surface area (Å²) in [6.45, 7) is 0. The van der Waals surface area contributed by atoms with Gasteiger partial charge in [-0.3, -0.25) is 0 Å². The van der Waals surface area contributed by atoms with Crippen LogP contribution >= 0.6 is 0 Å². The lowest BCUT2D eigenvalue weighted by molar-refractivity contribution is -0.150. The van der Waals surface area contributed by atoms with E-state index in [1.165, 1.54) is 20.0 Å². The lowest BCUT2D eigenvalue weighted by Crippen LogP contribution is -2.16. The molecule has 92 valence electrons. The Morgan fingerprint density at radius 3 is 2.65 bits per heavy atom. The summed E-state index contributed by atoms with van der Waals surface area (Å²) < 4.78 is 4.60. The zero-order valence-electron chi connectivity index (χ0n) is 10.1. The van der Waals surface area contributed by atoms with Gasteiger partial charge in [0.2, 0.25) is 0 Å². The molecule has 1 aliphatic carbocycles. The van der Waals surface area contributed by atoms with Crippen LogP contribution in [0.3, 0.4) is 0 Å². The molecule has 1 aromatic rings. The molecule has 3 heteroatoms. The Bertz CT molecular complexity index is 394. The SMILES string of the molecule is COC(=O)[C@H](O)c1ccccc1C1CCCC1. The molecule has 1 atom stereocenters. The molecule has 2 rings (SSSR count). The zero-order valence-corrected chi connectivity index (χ0v) is 10.1. The predicted octanol–water partition coefficient (Wildman–Crippen LogP) is 2.55. The molecule has 1 aromatic carbocycles. The molecule has 17 heavy (non-hydrogen) atoms. The number of methoxy groups -OCH3 is 1. The third-order valence-corrected chi connectivity index (χ3v) is 3.51. The van der Waals surface area contributed by atoms with Crippen molar-refractivity contribution in [1.82, 2.24) is 0 Å². The lowest BCUT2D eigenvalue weighted by Gasteiger charge is -2.18. The topological polar surface area (TPSA) is 46.5 Å². The van der Waals surface area contributed by atoms with E-state index in [9.17, 15) is 9.90 Å². The highest BCUT2D eigenvalue weighted by atomic mass is 16.5. The number of esters is 1. The van der Waals surface area contributed by atoms with Crippen molar-refractivity contribution < 1.29 is 14.6 Å². The van der Waals surface area contributed by atoms with Gasteiger partial charge in [0.25, 0.3) is 0 Å². The number of hydrogen-bond acceptors (Lipinski definition) is 3. The first-order valence-corrected chi connectivity index (χ1v) is 6.08. The summed E-state index contributed by atoms with van der Waals surface area (Å²) in [5, 5.41) is 9.96. The van der Waals surface area contributed by atoms with Crippen molar-refractivity contribution in [3.05, 3.63) is 35.4 Å². The van der Waals surface area contributed by atoms with Gasteiger partial charge in [0.05, 0.1) is 7.11 Å². The molecule has 1 aliphatic rings. The summed E-state index contributed by atoms with van der Waals surface area (Å²) in [6, 6.07) is 7.63. The molecule has 0 unspecified atom stereocenters. The van der Waals surface area contributed by atoms with Gasteiger partial charge >= 0.3 is 5.97 Å². The summed E-state index contributed by atoms with van der Waals surface area (Å²) in [6.07, 6.45) is 3.59. The Morgan fingerprint density at radius 2 is 2.00 bits per heavy atom. The number of hydrogen-bond donors (Lipinski definition) is 1. The van der Waals surface area contributed by atoms with Crippen LogP contribution in [-0.2, 0) is 9.53 Å². The molecular weight excluding hydrogens is 216 g/mol. The Kier molecular flexibility index (Phi) is 3.79. The molecule has 0 aromatic heterocycles. The summed E-state index contributed by atoms with van der Waals surface area (Å²) in [5.41, 5.74) is 1.80. The Morgan fingerprint density at radius 1 is 1.35 bits per heavy atom. The normalized spacial score (nSPS) is 18.0. The van der Waals surface area contributed by atoms with E-state index in [-0.39, 0.29) is 0 Å². The quantitative estimate of drug-likeness (QED) is 0.817. The van der Waals surface area contributed by atoms with Gasteiger partial charge in [-0.25, -0.2) is 4.79 Å². The second-order valence-corrected chi connectivity index (χ2v) is 4.54. The molecule has 3 nitrogen and oxygen atoms in total. The fraction of sp³-hybridized carbons (Fsp3) is 0.500. The lowest BCUT2D eigenvalue weighted by atomic mass is 9.90. The van der Waals surface area contributed by atoms with Gasteiger partial charge in [-0.1, -0.05) is 37.1 Å². The second-order valence-electron chi connectivity index (χ2n) is 4.54. The maximum atomic E-state index is 11.4. The highest BCUT2D eigenvalue weighted by molar-refractivity contribution is 5.76. The minimum absolute atomic E-state index is 0.477. The van der Waals surface area contributed by atoms with Crippen LogP contribution in [0.4, 0.5) is 0 Å². The molecule has 0 aliphatic heterocycles. The molecule has 0 heterocycles. The molecule has 0 radical (unpaired) electrons. The van der Waals surface area contributed by atoms with E-state index in [4.69, 9.17) is 0 Å². The first-order valence-electron chi connectivity index (χ1n) is 6.08. The highest BCUT2D eigenvalue weighted by Gasteiger charge is 2.25. The minimum atomic E-state index is -1.16. The van der Waals surface area contributed by atoms with Gasteiger partial charge in [-0.2, -0.15) is 0 Å². The van der Waals surface area contributed by atoms with Crippen molar-refractivity contribution in [2.24, 2.45) is 0 Å². The third-order valence-electron chi connectivity index (χ3n) is 3.51. The molecule has 1 N–H and O–H groups in total. The van der Waals surface area contributed by atoms with Crippen LogP contribution in [0.5, 0.6) is 0 Å². The van der Waals surface area contributed by atoms with Crippen LogP contribution in [-0.4, -0.2) is 18.2 Å². The molecule has 0 saturated heterocycles. The highest BCUT2D eigenvalue weighted by Crippen LogP contribution is 2.37. The van der Waals surface area contributed by atoms with Crippen molar-refractivity contribution in [2.75, 3.05) is 7.11 Å². The number of aliphatic hydroxyl groups excluding tert-OH is 1. The van der Waals surface area contributed by atoms with Gasteiger partial charge < -0.3 is 9.84 Å². The van der Waals surface area contributed by atoms with Crippen LogP contribution < -0.4 is 0 Å². The van der Waals surface area contributed by atoms with Crippen molar-refractivity contribution >= 4 is 5.97 Å². The van der Waals surface area contributed by atoms with E-state index >= 15 is 0 Å². The van der Waals surface area contributed by atoms with E-state index in [1.807, 2.05) is 24.3 Å². The average molecular weight is 234 g/mol. The van der Waals surface area contributed by atoms with Crippen molar-refractivity contribution in [3.8, 4) is 0 Å². The smallest absolute Gasteiger partial charge is 0.339 e. The van der Waals surface area contributed by atoms with Crippen molar-refractivity contribution in [1.29, 1.82) is 0 Å². The zero-order chi connectivity index (χ0) is 12.3. The number of carbonyl (C=O) groups is 1. The average Bonchev–Trinajstić information content (AvgIpc) is 2.90. The maximum absolute atomic E-state index is 11.4.